The number of aromatic nitrogens is 1. The van der Waals surface area contributed by atoms with Crippen molar-refractivity contribution in [2.75, 3.05) is 4.90 Å². The minimum absolute atomic E-state index is 0.907. The van der Waals surface area contributed by atoms with E-state index in [0.29, 0.717) is 0 Å². The van der Waals surface area contributed by atoms with Crippen LogP contribution in [-0.2, 0) is 6.42 Å². The van der Waals surface area contributed by atoms with Crippen LogP contribution in [0, 0.1) is 0 Å². The standard InChI is InChI=1S/C49H34N2Si/c1-4-19-36(20-5-1)50-43-27-11-10-25-40(43)42-33-37(30-31-44(42)50)51-45-28-12-13-29-47(45)52(38-21-6-2-7-22-38,39-23-8-3-9-24-39)49-41-26-15-17-34-16-14-18-35(48(34)41)32-46(49)51/h1-25,27-33H,26H2. The van der Waals surface area contributed by atoms with E-state index >= 15 is 0 Å². The van der Waals surface area contributed by atoms with Crippen LogP contribution >= 0.6 is 0 Å². The van der Waals surface area contributed by atoms with E-state index in [1.165, 1.54) is 87.2 Å². The van der Waals surface area contributed by atoms with E-state index < -0.39 is 8.07 Å². The van der Waals surface area contributed by atoms with Crippen molar-refractivity contribution in [3.8, 4) is 5.69 Å². The van der Waals surface area contributed by atoms with Gasteiger partial charge in [0.1, 0.15) is 0 Å². The average molecular weight is 679 g/mol. The van der Waals surface area contributed by atoms with Crippen molar-refractivity contribution in [2.45, 2.75) is 6.42 Å². The molecule has 0 saturated heterocycles. The van der Waals surface area contributed by atoms with Crippen LogP contribution in [-0.4, -0.2) is 12.6 Å². The molecule has 3 heteroatoms. The first-order valence-corrected chi connectivity index (χ1v) is 20.2. The molecular formula is C49H34N2Si. The molecule has 11 rings (SSSR count). The maximum atomic E-state index is 2.58. The predicted molar refractivity (Wildman–Crippen MR) is 223 cm³/mol. The molecule has 0 radical (unpaired) electrons. The lowest BCUT2D eigenvalue weighted by Crippen LogP contribution is -2.77. The first-order valence-electron chi connectivity index (χ1n) is 18.2. The van der Waals surface area contributed by atoms with Gasteiger partial charge in [-0.1, -0.05) is 146 Å². The third-order valence-electron chi connectivity index (χ3n) is 11.4. The van der Waals surface area contributed by atoms with Crippen LogP contribution in [0.4, 0.5) is 17.1 Å². The summed E-state index contributed by atoms with van der Waals surface area (Å²) in [6, 6.07) is 68.1. The number of fused-ring (bicyclic) bond motifs is 6. The highest BCUT2D eigenvalue weighted by molar-refractivity contribution is 7.21. The number of hydrogen-bond acceptors (Lipinski definition) is 1. The van der Waals surface area contributed by atoms with E-state index in [0.717, 1.165) is 6.42 Å². The van der Waals surface area contributed by atoms with Gasteiger partial charge in [-0.15, -0.1) is 0 Å². The number of anilines is 3. The van der Waals surface area contributed by atoms with E-state index in [1.54, 1.807) is 0 Å². The second-order valence-electron chi connectivity index (χ2n) is 14.0. The second kappa shape index (κ2) is 11.3. The van der Waals surface area contributed by atoms with Gasteiger partial charge in [0, 0.05) is 33.5 Å². The maximum absolute atomic E-state index is 2.84. The molecule has 0 bridgehead atoms. The molecule has 0 atom stereocenters. The first kappa shape index (κ1) is 29.3. The fourth-order valence-electron chi connectivity index (χ4n) is 9.42. The molecule has 9 aromatic rings. The van der Waals surface area contributed by atoms with Gasteiger partial charge >= 0.3 is 0 Å². The summed E-state index contributed by atoms with van der Waals surface area (Å²) in [5.74, 6) is 0. The van der Waals surface area contributed by atoms with Crippen LogP contribution in [0.1, 0.15) is 11.1 Å². The van der Waals surface area contributed by atoms with Crippen LogP contribution in [0.5, 0.6) is 0 Å². The molecule has 1 aromatic heterocycles. The van der Waals surface area contributed by atoms with Gasteiger partial charge in [0.2, 0.25) is 0 Å². The highest BCUT2D eigenvalue weighted by atomic mass is 28.3. The number of allylic oxidation sites excluding steroid dienone is 1. The Morgan fingerprint density at radius 3 is 1.94 bits per heavy atom. The van der Waals surface area contributed by atoms with Crippen molar-refractivity contribution in [3.63, 3.8) is 0 Å². The number of rotatable bonds is 4. The molecule has 1 aliphatic heterocycles. The third kappa shape index (κ3) is 4.00. The summed E-state index contributed by atoms with van der Waals surface area (Å²) in [6.07, 6.45) is 5.60. The molecule has 2 heterocycles. The molecular weight excluding hydrogens is 645 g/mol. The van der Waals surface area contributed by atoms with Gasteiger partial charge in [0.25, 0.3) is 0 Å². The smallest absolute Gasteiger partial charge is 0.184 e. The van der Waals surface area contributed by atoms with Gasteiger partial charge in [-0.2, -0.15) is 0 Å². The Bertz CT molecular complexity index is 2830. The minimum Gasteiger partial charge on any atom is -0.311 e. The molecule has 0 unspecified atom stereocenters. The molecule has 0 fully saturated rings. The van der Waals surface area contributed by atoms with Gasteiger partial charge in [0.15, 0.2) is 8.07 Å². The molecule has 0 amide bonds. The molecule has 2 nitrogen and oxygen atoms in total. The van der Waals surface area contributed by atoms with Gasteiger partial charge in [-0.05, 0) is 97.6 Å². The topological polar surface area (TPSA) is 8.17 Å². The summed E-state index contributed by atoms with van der Waals surface area (Å²) in [5.41, 5.74) is 10.1. The highest BCUT2D eigenvalue weighted by Crippen LogP contribution is 2.44. The molecule has 52 heavy (non-hydrogen) atoms. The average Bonchev–Trinajstić information content (AvgIpc) is 3.55. The lowest BCUT2D eigenvalue weighted by molar-refractivity contribution is 1.18. The Hall–Kier alpha value is -6.42. The summed E-state index contributed by atoms with van der Waals surface area (Å²) < 4.78 is 2.40. The minimum atomic E-state index is -2.84. The van der Waals surface area contributed by atoms with Gasteiger partial charge in [0.05, 0.1) is 11.0 Å². The Labute approximate surface area is 304 Å². The zero-order chi connectivity index (χ0) is 34.2. The van der Waals surface area contributed by atoms with Crippen molar-refractivity contribution in [1.29, 1.82) is 0 Å². The Balaban J connectivity index is 1.28. The molecule has 8 aromatic carbocycles. The fourth-order valence-corrected chi connectivity index (χ4v) is 14.8. The molecule has 1 aliphatic carbocycles. The number of nitrogens with zero attached hydrogens (tertiary/aromatic N) is 2. The van der Waals surface area contributed by atoms with E-state index in [4.69, 9.17) is 0 Å². The van der Waals surface area contributed by atoms with Gasteiger partial charge < -0.3 is 9.47 Å². The van der Waals surface area contributed by atoms with Gasteiger partial charge in [-0.3, -0.25) is 0 Å². The summed E-state index contributed by atoms with van der Waals surface area (Å²) in [4.78, 5) is 2.58. The van der Waals surface area contributed by atoms with Crippen molar-refractivity contribution in [2.24, 2.45) is 0 Å². The van der Waals surface area contributed by atoms with Crippen LogP contribution in [0.2, 0.25) is 0 Å². The van der Waals surface area contributed by atoms with Crippen LogP contribution in [0.15, 0.2) is 188 Å². The van der Waals surface area contributed by atoms with E-state index in [1.807, 2.05) is 0 Å². The number of para-hydroxylation sites is 3. The van der Waals surface area contributed by atoms with Crippen LogP contribution < -0.4 is 25.6 Å². The summed E-state index contributed by atoms with van der Waals surface area (Å²) in [6.45, 7) is 0. The lowest BCUT2D eigenvalue weighted by Gasteiger charge is -2.46. The van der Waals surface area contributed by atoms with Crippen molar-refractivity contribution in [1.82, 2.24) is 4.57 Å². The van der Waals surface area contributed by atoms with Crippen LogP contribution in [0.25, 0.3) is 44.3 Å². The van der Waals surface area contributed by atoms with Gasteiger partial charge in [-0.25, -0.2) is 0 Å². The third-order valence-corrected chi connectivity index (χ3v) is 16.3. The number of benzene rings is 8. The predicted octanol–water partition coefficient (Wildman–Crippen LogP) is 9.67. The highest BCUT2D eigenvalue weighted by Gasteiger charge is 2.50. The summed E-state index contributed by atoms with van der Waals surface area (Å²) in [7, 11) is -2.84. The van der Waals surface area contributed by atoms with Crippen LogP contribution in [0.3, 0.4) is 0 Å². The summed E-state index contributed by atoms with van der Waals surface area (Å²) >= 11 is 0. The molecule has 0 N–H and O–H groups in total. The lowest BCUT2D eigenvalue weighted by atomic mass is 9.91. The van der Waals surface area contributed by atoms with Crippen molar-refractivity contribution in [3.05, 3.63) is 199 Å². The maximum Gasteiger partial charge on any atom is 0.184 e. The van der Waals surface area contributed by atoms with E-state index in [9.17, 15) is 0 Å². The van der Waals surface area contributed by atoms with Crippen molar-refractivity contribution >= 4 is 84.5 Å². The normalized spacial score (nSPS) is 14.1. The fraction of sp³-hybridized carbons (Fsp3) is 0.0204. The van der Waals surface area contributed by atoms with Crippen molar-refractivity contribution < 1.29 is 0 Å². The van der Waals surface area contributed by atoms with E-state index in [-0.39, 0.29) is 0 Å². The first-order chi connectivity index (χ1) is 25.8. The Morgan fingerprint density at radius 2 is 1.15 bits per heavy atom. The monoisotopic (exact) mass is 678 g/mol. The largest absolute Gasteiger partial charge is 0.311 e. The number of hydrogen-bond donors (Lipinski definition) is 0. The second-order valence-corrected chi connectivity index (χ2v) is 17.7. The van der Waals surface area contributed by atoms with E-state index in [2.05, 4.69) is 204 Å². The summed E-state index contributed by atoms with van der Waals surface area (Å²) in [5, 5.41) is 11.0. The Kier molecular flexibility index (Phi) is 6.37. The molecule has 244 valence electrons. The molecule has 0 saturated carbocycles. The SMILES string of the molecule is C1=Cc2cccc3cc4c(c(c23)C1)[Si](c1ccccc1)(c1ccccc1)c1ccccc1N4c1ccc2c(c1)c1ccccc1n2-c1ccccc1. The molecule has 0 spiro atoms. The quantitative estimate of drug-likeness (QED) is 0.168. The zero-order valence-electron chi connectivity index (χ0n) is 28.6. The Morgan fingerprint density at radius 1 is 0.481 bits per heavy atom. The zero-order valence-corrected chi connectivity index (χ0v) is 29.6. The molecule has 2 aliphatic rings.